The van der Waals surface area contributed by atoms with E-state index in [1.807, 2.05) is 57.2 Å². The highest BCUT2D eigenvalue weighted by molar-refractivity contribution is 5.71. The van der Waals surface area contributed by atoms with Crippen LogP contribution < -0.4 is 5.32 Å². The summed E-state index contributed by atoms with van der Waals surface area (Å²) in [6.07, 6.45) is 1.95. The lowest BCUT2D eigenvalue weighted by molar-refractivity contribution is -0.143. The van der Waals surface area contributed by atoms with Gasteiger partial charge in [0.25, 0.3) is 0 Å². The lowest BCUT2D eigenvalue weighted by Gasteiger charge is -2.22. The van der Waals surface area contributed by atoms with E-state index in [9.17, 15) is 14.7 Å². The Bertz CT molecular complexity index is 1120. The number of hydrogen-bond acceptors (Lipinski definition) is 7. The first-order chi connectivity index (χ1) is 16.3. The second kappa shape index (κ2) is 9.98. The third kappa shape index (κ3) is 5.22. The molecule has 178 valence electrons. The van der Waals surface area contributed by atoms with Gasteiger partial charge < -0.3 is 15.2 Å². The number of nitrogens with one attached hydrogen (secondary N) is 2. The first kappa shape index (κ1) is 23.3. The van der Waals surface area contributed by atoms with Crippen LogP contribution in [0.15, 0.2) is 42.6 Å². The molecule has 0 saturated carbocycles. The summed E-state index contributed by atoms with van der Waals surface area (Å²) >= 11 is 0. The molecule has 10 nitrogen and oxygen atoms in total. The predicted molar refractivity (Wildman–Crippen MR) is 123 cm³/mol. The topological polar surface area (TPSA) is 143 Å². The van der Waals surface area contributed by atoms with E-state index in [1.54, 1.807) is 6.20 Å². The van der Waals surface area contributed by atoms with Gasteiger partial charge in [-0.05, 0) is 36.5 Å². The number of alkyl carbamates (subject to hydrolysis) is 1. The van der Waals surface area contributed by atoms with Crippen molar-refractivity contribution in [3.05, 3.63) is 59.7 Å². The number of aliphatic carboxylic acids is 1. The zero-order valence-electron chi connectivity index (χ0n) is 19.3. The average Bonchev–Trinajstić information content (AvgIpc) is 3.46. The molecular weight excluding hydrogens is 436 g/mol. The van der Waals surface area contributed by atoms with E-state index in [-0.39, 0.29) is 18.1 Å². The molecule has 4 atom stereocenters. The van der Waals surface area contributed by atoms with Gasteiger partial charge in [0, 0.05) is 29.8 Å². The number of benzene rings is 1. The number of aromatic nitrogens is 5. The largest absolute Gasteiger partial charge is 0.481 e. The van der Waals surface area contributed by atoms with Crippen LogP contribution in [0, 0.1) is 11.8 Å². The molecule has 4 rings (SSSR count). The van der Waals surface area contributed by atoms with E-state index in [4.69, 9.17) is 4.74 Å². The van der Waals surface area contributed by atoms with E-state index in [0.29, 0.717) is 18.7 Å². The number of aromatic amines is 1. The van der Waals surface area contributed by atoms with Crippen LogP contribution in [0.1, 0.15) is 56.3 Å². The summed E-state index contributed by atoms with van der Waals surface area (Å²) in [6.45, 7) is 5.90. The molecule has 2 aromatic heterocycles. The monoisotopic (exact) mass is 464 g/mol. The Morgan fingerprint density at radius 1 is 1.15 bits per heavy atom. The van der Waals surface area contributed by atoms with Gasteiger partial charge in [-0.1, -0.05) is 49.4 Å². The molecule has 1 aromatic carbocycles. The third-order valence-electron chi connectivity index (χ3n) is 6.08. The van der Waals surface area contributed by atoms with E-state index >= 15 is 0 Å². The van der Waals surface area contributed by atoms with E-state index < -0.39 is 23.9 Å². The highest BCUT2D eigenvalue weighted by Gasteiger charge is 2.34. The van der Waals surface area contributed by atoms with Crippen LogP contribution in [0.2, 0.25) is 0 Å². The van der Waals surface area contributed by atoms with Gasteiger partial charge in [-0.2, -0.15) is 5.21 Å². The minimum atomic E-state index is -0.877. The molecular formula is C24H28N6O4. The Balaban J connectivity index is 1.51. The van der Waals surface area contributed by atoms with Crippen molar-refractivity contribution in [1.29, 1.82) is 0 Å². The first-order valence-corrected chi connectivity index (χ1v) is 11.3. The van der Waals surface area contributed by atoms with Crippen LogP contribution >= 0.6 is 0 Å². The number of tetrazole rings is 1. The molecule has 10 heteroatoms. The summed E-state index contributed by atoms with van der Waals surface area (Å²) in [6, 6.07) is 11.6. The number of carbonyl (C=O) groups is 2. The number of carbonyl (C=O) groups excluding carboxylic acids is 1. The Kier molecular flexibility index (Phi) is 6.85. The number of amides is 1. The van der Waals surface area contributed by atoms with Crippen molar-refractivity contribution in [2.24, 2.45) is 11.8 Å². The molecule has 1 amide bonds. The molecule has 1 unspecified atom stereocenters. The first-order valence-electron chi connectivity index (χ1n) is 11.3. The van der Waals surface area contributed by atoms with Crippen molar-refractivity contribution in [1.82, 2.24) is 30.9 Å². The third-order valence-corrected chi connectivity index (χ3v) is 6.08. The number of cyclic esters (lactones) is 1. The van der Waals surface area contributed by atoms with Crippen LogP contribution in [0.25, 0.3) is 11.1 Å². The minimum Gasteiger partial charge on any atom is -0.481 e. The number of hydrogen-bond donors (Lipinski definition) is 3. The van der Waals surface area contributed by atoms with Crippen molar-refractivity contribution in [3.8, 4) is 11.1 Å². The Hall–Kier alpha value is -3.82. The second-order valence-corrected chi connectivity index (χ2v) is 9.07. The maximum Gasteiger partial charge on any atom is 0.408 e. The summed E-state index contributed by atoms with van der Waals surface area (Å²) < 4.78 is 5.33. The molecule has 1 aliphatic rings. The van der Waals surface area contributed by atoms with Crippen LogP contribution in [-0.2, 0) is 16.0 Å². The van der Waals surface area contributed by atoms with E-state index in [1.165, 1.54) is 0 Å². The molecule has 0 radical (unpaired) electrons. The highest BCUT2D eigenvalue weighted by Crippen LogP contribution is 2.32. The van der Waals surface area contributed by atoms with Gasteiger partial charge in [0.2, 0.25) is 0 Å². The number of carboxylic acids is 1. The second-order valence-electron chi connectivity index (χ2n) is 9.07. The lowest BCUT2D eigenvalue weighted by Crippen LogP contribution is -2.26. The minimum absolute atomic E-state index is 0.0863. The molecule has 34 heavy (non-hydrogen) atoms. The molecule has 0 bridgehead atoms. The maximum absolute atomic E-state index is 12.0. The number of ether oxygens (including phenoxy) is 1. The van der Waals surface area contributed by atoms with Gasteiger partial charge in [-0.15, -0.1) is 10.2 Å². The zero-order valence-corrected chi connectivity index (χ0v) is 19.3. The van der Waals surface area contributed by atoms with Crippen molar-refractivity contribution < 1.29 is 19.4 Å². The van der Waals surface area contributed by atoms with Crippen LogP contribution in [0.4, 0.5) is 4.79 Å². The van der Waals surface area contributed by atoms with Gasteiger partial charge >= 0.3 is 12.1 Å². The lowest BCUT2D eigenvalue weighted by atomic mass is 9.82. The molecule has 3 aromatic rings. The smallest absolute Gasteiger partial charge is 0.408 e. The fraction of sp³-hybridized carbons (Fsp3) is 0.417. The summed E-state index contributed by atoms with van der Waals surface area (Å²) in [5, 5.41) is 26.8. The Morgan fingerprint density at radius 2 is 1.88 bits per heavy atom. The Labute approximate surface area is 197 Å². The van der Waals surface area contributed by atoms with Gasteiger partial charge in [-0.3, -0.25) is 9.78 Å². The normalized spacial score (nSPS) is 19.5. The number of rotatable bonds is 9. The number of carboxylic acid groups (broad SMARTS) is 1. The van der Waals surface area contributed by atoms with Gasteiger partial charge in [-0.25, -0.2) is 4.79 Å². The molecule has 0 spiro atoms. The predicted octanol–water partition coefficient (Wildman–Crippen LogP) is 3.50. The maximum atomic E-state index is 12.0. The van der Waals surface area contributed by atoms with E-state index in [2.05, 4.69) is 30.9 Å². The molecule has 1 fully saturated rings. The standard InChI is InChI=1S/C24H28N6O4/c1-13(2)10-20(23(31)32)19(22-27-29-30-28-22)11-18-9-8-17(12-25-18)15-4-6-16(7-5-15)21-14(3)26-24(33)34-21/h4-9,12-14,19-21H,10-11H2,1-3H3,(H,26,33)(H,31,32)(H,27,28,29,30)/t14-,19+,20+,21?/m1/s1. The Morgan fingerprint density at radius 3 is 2.41 bits per heavy atom. The van der Waals surface area contributed by atoms with Crippen molar-refractivity contribution in [2.75, 3.05) is 0 Å². The number of H-pyrrole nitrogens is 1. The molecule has 1 aliphatic heterocycles. The number of pyridine rings is 1. The quantitative estimate of drug-likeness (QED) is 0.437. The summed E-state index contributed by atoms with van der Waals surface area (Å²) in [5.41, 5.74) is 3.58. The SMILES string of the molecule is CC(C)C[C@H](C(=O)O)[C@H](Cc1ccc(-c2ccc(C3OC(=O)N[C@@H]3C)cc2)cn1)c1nn[nH]n1. The van der Waals surface area contributed by atoms with Crippen molar-refractivity contribution >= 4 is 12.1 Å². The van der Waals surface area contributed by atoms with Crippen LogP contribution in [0.3, 0.4) is 0 Å². The fourth-order valence-electron chi connectivity index (χ4n) is 4.36. The van der Waals surface area contributed by atoms with Crippen molar-refractivity contribution in [3.63, 3.8) is 0 Å². The average molecular weight is 465 g/mol. The van der Waals surface area contributed by atoms with E-state index in [0.717, 1.165) is 22.4 Å². The zero-order chi connectivity index (χ0) is 24.2. The van der Waals surface area contributed by atoms with Gasteiger partial charge in [0.05, 0.1) is 12.0 Å². The van der Waals surface area contributed by atoms with Gasteiger partial charge in [0.1, 0.15) is 6.10 Å². The molecule has 1 saturated heterocycles. The fourth-order valence-corrected chi connectivity index (χ4v) is 4.36. The highest BCUT2D eigenvalue weighted by atomic mass is 16.6. The van der Waals surface area contributed by atoms with Crippen LogP contribution in [0.5, 0.6) is 0 Å². The molecule has 3 N–H and O–H groups in total. The summed E-state index contributed by atoms with van der Waals surface area (Å²) in [5.74, 6) is -1.38. The van der Waals surface area contributed by atoms with Crippen molar-refractivity contribution in [2.45, 2.75) is 51.7 Å². The molecule has 0 aliphatic carbocycles. The summed E-state index contributed by atoms with van der Waals surface area (Å²) in [7, 11) is 0. The van der Waals surface area contributed by atoms with Gasteiger partial charge in [0.15, 0.2) is 5.82 Å². The number of nitrogens with zero attached hydrogens (tertiary/aromatic N) is 4. The molecule has 3 heterocycles. The van der Waals surface area contributed by atoms with Crippen LogP contribution in [-0.4, -0.2) is 48.8 Å². The summed E-state index contributed by atoms with van der Waals surface area (Å²) in [4.78, 5) is 28.1.